The molecule has 4 nitrogen and oxygen atoms in total. The Bertz CT molecular complexity index is 299. The Hall–Kier alpha value is -1.55. The first-order chi connectivity index (χ1) is 6.36. The monoisotopic (exact) mass is 180 g/mol. The number of para-hydroxylation sites is 2. The van der Waals surface area contributed by atoms with E-state index in [9.17, 15) is 4.79 Å². The lowest BCUT2D eigenvalue weighted by Gasteiger charge is -2.17. The van der Waals surface area contributed by atoms with Crippen LogP contribution in [0.15, 0.2) is 24.3 Å². The summed E-state index contributed by atoms with van der Waals surface area (Å²) in [7, 11) is 1.00. The van der Waals surface area contributed by atoms with Gasteiger partial charge in [0.05, 0.1) is 17.9 Å². The number of anilines is 2. The highest BCUT2D eigenvalue weighted by Crippen LogP contribution is 2.22. The Morgan fingerprint density at radius 3 is 2.54 bits per heavy atom. The normalized spacial score (nSPS) is 12.9. The molecule has 0 aliphatic carbocycles. The van der Waals surface area contributed by atoms with E-state index in [2.05, 4.69) is 10.6 Å². The maximum atomic E-state index is 10.9. The van der Waals surface area contributed by atoms with E-state index in [1.165, 1.54) is 0 Å². The van der Waals surface area contributed by atoms with Gasteiger partial charge in [-0.2, -0.15) is 0 Å². The topological polar surface area (TPSA) is 61.4 Å². The zero-order valence-corrected chi connectivity index (χ0v) is 7.37. The molecule has 1 aromatic carbocycles. The second kappa shape index (κ2) is 4.47. The van der Waals surface area contributed by atoms with Gasteiger partial charge >= 0.3 is 0 Å². The summed E-state index contributed by atoms with van der Waals surface area (Å²) in [6.07, 6.45) is 0. The summed E-state index contributed by atoms with van der Waals surface area (Å²) in [4.78, 5) is 10.9. The number of aliphatic hydroxyl groups excluding tert-OH is 1. The number of hydrogen-bond donors (Lipinski definition) is 3. The minimum atomic E-state index is 0.0173. The zero-order valence-electron chi connectivity index (χ0n) is 7.37. The van der Waals surface area contributed by atoms with Crippen LogP contribution in [0.25, 0.3) is 0 Å². The molecule has 1 heterocycles. The van der Waals surface area contributed by atoms with E-state index in [0.717, 1.165) is 18.5 Å². The largest absolute Gasteiger partial charge is 0.400 e. The van der Waals surface area contributed by atoms with Gasteiger partial charge in [0.1, 0.15) is 0 Å². The minimum Gasteiger partial charge on any atom is -0.400 e. The van der Waals surface area contributed by atoms with Crippen molar-refractivity contribution in [3.05, 3.63) is 24.3 Å². The first-order valence-electron chi connectivity index (χ1n) is 3.94. The van der Waals surface area contributed by atoms with Crippen molar-refractivity contribution in [1.82, 2.24) is 0 Å². The highest BCUT2D eigenvalue weighted by Gasteiger charge is 2.11. The van der Waals surface area contributed by atoms with E-state index in [1.807, 2.05) is 24.3 Å². The molecule has 2 rings (SSSR count). The summed E-state index contributed by atoms with van der Waals surface area (Å²) in [5.74, 6) is 0.0173. The van der Waals surface area contributed by atoms with Gasteiger partial charge in [0.15, 0.2) is 0 Å². The molecular formula is C9H12N2O2. The van der Waals surface area contributed by atoms with Crippen LogP contribution in [-0.4, -0.2) is 24.7 Å². The molecule has 0 bridgehead atoms. The van der Waals surface area contributed by atoms with Crippen molar-refractivity contribution in [3.63, 3.8) is 0 Å². The number of carbonyl (C=O) groups excluding carboxylic acids is 1. The lowest BCUT2D eigenvalue weighted by Crippen LogP contribution is -2.27. The average molecular weight is 180 g/mol. The molecule has 1 amide bonds. The lowest BCUT2D eigenvalue weighted by molar-refractivity contribution is -0.114. The Labute approximate surface area is 76.6 Å². The summed E-state index contributed by atoms with van der Waals surface area (Å²) in [6.45, 7) is 0.372. The highest BCUT2D eigenvalue weighted by molar-refractivity contribution is 6.00. The van der Waals surface area contributed by atoms with Crippen LogP contribution in [0.5, 0.6) is 0 Å². The van der Waals surface area contributed by atoms with Gasteiger partial charge in [0.25, 0.3) is 0 Å². The van der Waals surface area contributed by atoms with Crippen molar-refractivity contribution in [2.24, 2.45) is 0 Å². The first-order valence-corrected chi connectivity index (χ1v) is 3.94. The van der Waals surface area contributed by atoms with Crippen LogP contribution in [0.2, 0.25) is 0 Å². The van der Waals surface area contributed by atoms with Gasteiger partial charge < -0.3 is 15.7 Å². The molecule has 0 saturated carbocycles. The van der Waals surface area contributed by atoms with Gasteiger partial charge in [-0.25, -0.2) is 0 Å². The molecule has 0 saturated heterocycles. The predicted octanol–water partition coefficient (Wildman–Crippen LogP) is 0.659. The maximum Gasteiger partial charge on any atom is 0.243 e. The number of hydrogen-bond acceptors (Lipinski definition) is 3. The van der Waals surface area contributed by atoms with E-state index in [-0.39, 0.29) is 5.91 Å². The molecule has 0 unspecified atom stereocenters. The Kier molecular flexibility index (Phi) is 3.28. The smallest absolute Gasteiger partial charge is 0.243 e. The molecule has 4 heteroatoms. The molecule has 3 N–H and O–H groups in total. The SMILES string of the molecule is CO.O=C1CNc2ccccc2N1. The van der Waals surface area contributed by atoms with Crippen molar-refractivity contribution in [2.75, 3.05) is 24.3 Å². The van der Waals surface area contributed by atoms with E-state index >= 15 is 0 Å². The molecule has 1 aromatic rings. The van der Waals surface area contributed by atoms with Crippen molar-refractivity contribution in [2.45, 2.75) is 0 Å². The third-order valence-corrected chi connectivity index (χ3v) is 1.64. The summed E-state index contributed by atoms with van der Waals surface area (Å²) in [6, 6.07) is 7.64. The van der Waals surface area contributed by atoms with E-state index in [1.54, 1.807) is 0 Å². The van der Waals surface area contributed by atoms with Gasteiger partial charge in [0.2, 0.25) is 5.91 Å². The lowest BCUT2D eigenvalue weighted by atomic mass is 10.2. The van der Waals surface area contributed by atoms with Crippen LogP contribution in [0.4, 0.5) is 11.4 Å². The number of fused-ring (bicyclic) bond motifs is 1. The van der Waals surface area contributed by atoms with Crippen LogP contribution in [0.3, 0.4) is 0 Å². The number of nitrogens with one attached hydrogen (secondary N) is 2. The summed E-state index contributed by atoms with van der Waals surface area (Å²) >= 11 is 0. The van der Waals surface area contributed by atoms with Gasteiger partial charge in [0, 0.05) is 7.11 Å². The van der Waals surface area contributed by atoms with Crippen molar-refractivity contribution in [1.29, 1.82) is 0 Å². The Morgan fingerprint density at radius 1 is 1.23 bits per heavy atom. The van der Waals surface area contributed by atoms with Gasteiger partial charge in [-0.15, -0.1) is 0 Å². The fourth-order valence-electron chi connectivity index (χ4n) is 1.12. The highest BCUT2D eigenvalue weighted by atomic mass is 16.2. The van der Waals surface area contributed by atoms with Crippen LogP contribution in [-0.2, 0) is 4.79 Å². The molecule has 1 aliphatic heterocycles. The molecule has 0 fully saturated rings. The van der Waals surface area contributed by atoms with Crippen LogP contribution in [0, 0.1) is 0 Å². The fraction of sp³-hybridized carbons (Fsp3) is 0.222. The molecule has 0 radical (unpaired) electrons. The molecule has 70 valence electrons. The predicted molar refractivity (Wildman–Crippen MR) is 51.7 cm³/mol. The Morgan fingerprint density at radius 2 is 1.85 bits per heavy atom. The average Bonchev–Trinajstić information content (AvgIpc) is 2.21. The number of amides is 1. The second-order valence-electron chi connectivity index (χ2n) is 2.45. The molecule has 0 atom stereocenters. The molecular weight excluding hydrogens is 168 g/mol. The van der Waals surface area contributed by atoms with Crippen molar-refractivity contribution < 1.29 is 9.90 Å². The summed E-state index contributed by atoms with van der Waals surface area (Å²) in [5.41, 5.74) is 1.86. The van der Waals surface area contributed by atoms with Crippen LogP contribution in [0.1, 0.15) is 0 Å². The number of rotatable bonds is 0. The number of benzene rings is 1. The molecule has 0 spiro atoms. The summed E-state index contributed by atoms with van der Waals surface area (Å²) in [5, 5.41) is 12.8. The quantitative estimate of drug-likeness (QED) is 0.549. The minimum absolute atomic E-state index is 0.0173. The molecule has 1 aliphatic rings. The summed E-state index contributed by atoms with van der Waals surface area (Å²) < 4.78 is 0. The Balaban J connectivity index is 0.000000396. The standard InChI is InChI=1S/C8H8N2O.CH4O/c11-8-5-9-6-3-1-2-4-7(6)10-8;1-2/h1-4,9H,5H2,(H,10,11);2H,1H3. The van der Waals surface area contributed by atoms with Crippen molar-refractivity contribution >= 4 is 17.3 Å². The van der Waals surface area contributed by atoms with E-state index in [4.69, 9.17) is 5.11 Å². The van der Waals surface area contributed by atoms with Gasteiger partial charge in [-0.1, -0.05) is 12.1 Å². The first kappa shape index (κ1) is 9.54. The van der Waals surface area contributed by atoms with Gasteiger partial charge in [-0.05, 0) is 12.1 Å². The molecule has 0 aromatic heterocycles. The van der Waals surface area contributed by atoms with E-state index in [0.29, 0.717) is 6.54 Å². The fourth-order valence-corrected chi connectivity index (χ4v) is 1.12. The third-order valence-electron chi connectivity index (χ3n) is 1.64. The number of carbonyl (C=O) groups is 1. The van der Waals surface area contributed by atoms with Crippen LogP contribution >= 0.6 is 0 Å². The zero-order chi connectivity index (χ0) is 9.68. The number of aliphatic hydroxyl groups is 1. The molecule has 13 heavy (non-hydrogen) atoms. The van der Waals surface area contributed by atoms with Gasteiger partial charge in [-0.3, -0.25) is 4.79 Å². The van der Waals surface area contributed by atoms with Crippen LogP contribution < -0.4 is 10.6 Å². The van der Waals surface area contributed by atoms with E-state index < -0.39 is 0 Å². The second-order valence-corrected chi connectivity index (χ2v) is 2.45. The third kappa shape index (κ3) is 2.19. The van der Waals surface area contributed by atoms with Crippen molar-refractivity contribution in [3.8, 4) is 0 Å². The maximum absolute atomic E-state index is 10.9.